The average molecular weight is 1130 g/mol. The molecule has 0 radical (unpaired) electrons. The van der Waals surface area contributed by atoms with Crippen LogP contribution in [0.25, 0.3) is 42.7 Å². The maximum Gasteiger partial charge on any atom is 0.408 e. The van der Waals surface area contributed by atoms with E-state index in [2.05, 4.69) is 35.4 Å². The van der Waals surface area contributed by atoms with Crippen LogP contribution in [0.4, 0.5) is 4.79 Å². The maximum atomic E-state index is 13.8. The van der Waals surface area contributed by atoms with E-state index in [9.17, 15) is 40.8 Å². The van der Waals surface area contributed by atoms with Crippen molar-refractivity contribution < 1.29 is 59.8 Å². The molecule has 25 nitrogen and oxygen atoms in total. The normalized spacial score (nSPS) is 13.9. The third kappa shape index (κ3) is 15.5. The van der Waals surface area contributed by atoms with Crippen LogP contribution in [0.3, 0.4) is 0 Å². The molecule has 1 fully saturated rings. The van der Waals surface area contributed by atoms with Gasteiger partial charge in [-0.2, -0.15) is 0 Å². The maximum absolute atomic E-state index is 13.8. The predicted octanol–water partition coefficient (Wildman–Crippen LogP) is 6.48. The fourth-order valence-electron chi connectivity index (χ4n) is 8.23. The Balaban J connectivity index is 0.000000261. The monoisotopic (exact) mass is 1120 g/mol. The third-order valence-electron chi connectivity index (χ3n) is 11.9. The number of azide groups is 2. The Kier molecular flexibility index (Phi) is 20.0. The number of carbonyl (C=O) groups is 5. The Bertz CT molecular complexity index is 3510. The van der Waals surface area contributed by atoms with Gasteiger partial charge in [-0.15, -0.1) is 0 Å². The minimum absolute atomic E-state index is 0.00101. The van der Waals surface area contributed by atoms with E-state index in [1.54, 1.807) is 88.5 Å². The van der Waals surface area contributed by atoms with Gasteiger partial charge in [0.15, 0.2) is 0 Å². The van der Waals surface area contributed by atoms with Crippen molar-refractivity contribution in [1.29, 1.82) is 0 Å². The molecule has 3 heterocycles. The highest BCUT2D eigenvalue weighted by atomic mass is 32.2. The van der Waals surface area contributed by atoms with E-state index >= 15 is 0 Å². The molecule has 1 aliphatic rings. The van der Waals surface area contributed by atoms with Gasteiger partial charge in [0.05, 0.1) is 47.7 Å². The number of carbonyl (C=O) groups excluding carboxylic acids is 5. The number of para-hydroxylation sites is 2. The van der Waals surface area contributed by atoms with Crippen molar-refractivity contribution in [3.63, 3.8) is 0 Å². The molecule has 2 atom stereocenters. The molecule has 7 rings (SSSR count). The van der Waals surface area contributed by atoms with E-state index in [0.29, 0.717) is 77.0 Å². The van der Waals surface area contributed by atoms with E-state index in [1.165, 1.54) is 71.8 Å². The number of nitrogens with zero attached hydrogens (tertiary/aromatic N) is 10. The number of rotatable bonds is 22. The van der Waals surface area contributed by atoms with Gasteiger partial charge in [0, 0.05) is 73.0 Å². The lowest BCUT2D eigenvalue weighted by atomic mass is 10.0. The van der Waals surface area contributed by atoms with Gasteiger partial charge in [-0.3, -0.25) is 19.2 Å². The molecule has 4 aromatic carbocycles. The summed E-state index contributed by atoms with van der Waals surface area (Å²) in [7, 11) is -3.89. The van der Waals surface area contributed by atoms with Gasteiger partial charge < -0.3 is 39.4 Å². The van der Waals surface area contributed by atoms with Gasteiger partial charge >= 0.3 is 12.1 Å². The smallest absolute Gasteiger partial charge is 0.408 e. The highest BCUT2D eigenvalue weighted by Crippen LogP contribution is 2.30. The lowest BCUT2D eigenvalue weighted by molar-refractivity contribution is -0.146. The van der Waals surface area contributed by atoms with E-state index in [4.69, 9.17) is 25.3 Å². The zero-order chi connectivity index (χ0) is 57.5. The molecule has 79 heavy (non-hydrogen) atoms. The van der Waals surface area contributed by atoms with Crippen LogP contribution in [-0.4, -0.2) is 143 Å². The molecule has 27 heteroatoms. The number of aromatic nitrogens is 2. The van der Waals surface area contributed by atoms with E-state index in [-0.39, 0.29) is 54.1 Å². The summed E-state index contributed by atoms with van der Waals surface area (Å²) < 4.78 is 78.0. The number of hydrogen-bond acceptors (Lipinski definition) is 15. The number of piperazine rings is 1. The first-order valence-corrected chi connectivity index (χ1v) is 27.5. The molecule has 0 unspecified atom stereocenters. The summed E-state index contributed by atoms with van der Waals surface area (Å²) >= 11 is 0. The summed E-state index contributed by atoms with van der Waals surface area (Å²) in [6, 6.07) is 23.8. The number of alkyl carbamates (subject to hydrolysis) is 1. The van der Waals surface area contributed by atoms with E-state index < -0.39 is 55.7 Å². The van der Waals surface area contributed by atoms with Crippen molar-refractivity contribution in [1.82, 2.24) is 28.4 Å². The first-order valence-electron chi connectivity index (χ1n) is 24.6. The number of benzene rings is 4. The molecule has 1 saturated heterocycles. The second kappa shape index (κ2) is 26.5. The van der Waals surface area contributed by atoms with Crippen molar-refractivity contribution in [3.05, 3.63) is 141 Å². The Morgan fingerprint density at radius 3 is 1.73 bits per heavy atom. The standard InChI is InChI=1S/C29H36N6O8S.C23H24N6O5S/c1-29(2,3)43-28(38)32-24(27(37)34(4)19-26(36)41-5)17-20-18-35(25-10-7-6-9-23(20)25)44(39,40)22-13-11-21(12-14-22)42-16-8-15-31-33-30;1-28-15-22(30)26-20(23(28)31)13-16-14-29(21-6-3-2-5-19(16)21)35(32,33)18-9-7-17(8-10-18)34-12-4-11-25-27-24/h6-7,9-14,18,24H,8,15-17,19H2,1-5H3,(H,32,38);2-3,5-10,14,20H,4,11-13,15H2,1H3,(H,26,30)/t24-;20-/m00/s1. The number of amides is 4. The molecular weight excluding hydrogens is 1060 g/mol. The van der Waals surface area contributed by atoms with Crippen molar-refractivity contribution in [2.45, 2.75) is 73.9 Å². The van der Waals surface area contributed by atoms with Gasteiger partial charge in [0.2, 0.25) is 17.7 Å². The first kappa shape index (κ1) is 59.5. The molecule has 4 amide bonds. The fourth-order valence-corrected chi connectivity index (χ4v) is 11.0. The molecular formula is C52H60N12O13S2. The highest BCUT2D eigenvalue weighted by molar-refractivity contribution is 7.90. The molecule has 2 N–H and O–H groups in total. The molecule has 0 bridgehead atoms. The number of fused-ring (bicyclic) bond motifs is 2. The lowest BCUT2D eigenvalue weighted by Crippen LogP contribution is -2.57. The van der Waals surface area contributed by atoms with Crippen LogP contribution in [0.1, 0.15) is 44.7 Å². The zero-order valence-electron chi connectivity index (χ0n) is 44.2. The van der Waals surface area contributed by atoms with Gasteiger partial charge in [-0.1, -0.05) is 46.6 Å². The quantitative estimate of drug-likeness (QED) is 0.0242. The van der Waals surface area contributed by atoms with E-state index in [1.807, 2.05) is 0 Å². The van der Waals surface area contributed by atoms with Gasteiger partial charge in [0.25, 0.3) is 20.0 Å². The van der Waals surface area contributed by atoms with E-state index in [0.717, 1.165) is 8.87 Å². The number of hydrogen-bond donors (Lipinski definition) is 2. The van der Waals surface area contributed by atoms with Gasteiger partial charge in [0.1, 0.15) is 35.7 Å². The van der Waals surface area contributed by atoms with Crippen LogP contribution in [0.5, 0.6) is 11.5 Å². The molecule has 6 aromatic rings. The van der Waals surface area contributed by atoms with Crippen molar-refractivity contribution in [2.24, 2.45) is 10.2 Å². The van der Waals surface area contributed by atoms with Crippen molar-refractivity contribution in [3.8, 4) is 11.5 Å². The highest BCUT2D eigenvalue weighted by Gasteiger charge is 2.33. The van der Waals surface area contributed by atoms with Crippen LogP contribution in [-0.2, 0) is 61.5 Å². The lowest BCUT2D eigenvalue weighted by Gasteiger charge is -2.29. The molecule has 1 aliphatic heterocycles. The van der Waals surface area contributed by atoms with Crippen LogP contribution in [0.15, 0.2) is 129 Å². The Hall–Kier alpha value is -8.77. The Morgan fingerprint density at radius 1 is 0.772 bits per heavy atom. The number of likely N-dealkylation sites (N-methyl/N-ethyl adjacent to an activating group) is 2. The minimum Gasteiger partial charge on any atom is -0.494 e. The van der Waals surface area contributed by atoms with Gasteiger partial charge in [-0.25, -0.2) is 29.6 Å². The van der Waals surface area contributed by atoms with Crippen LogP contribution >= 0.6 is 0 Å². The summed E-state index contributed by atoms with van der Waals surface area (Å²) in [5, 5.41) is 13.4. The van der Waals surface area contributed by atoms with Crippen LogP contribution in [0, 0.1) is 0 Å². The van der Waals surface area contributed by atoms with Crippen LogP contribution in [0.2, 0.25) is 0 Å². The summed E-state index contributed by atoms with van der Waals surface area (Å²) in [5.74, 6) is -0.778. The second-order valence-corrected chi connectivity index (χ2v) is 22.5. The first-order chi connectivity index (χ1) is 37.6. The van der Waals surface area contributed by atoms with Crippen molar-refractivity contribution >= 4 is 71.6 Å². The third-order valence-corrected chi connectivity index (χ3v) is 15.3. The van der Waals surface area contributed by atoms with Gasteiger partial charge in [-0.05, 0) is 116 Å². The summed E-state index contributed by atoms with van der Waals surface area (Å²) in [4.78, 5) is 70.3. The van der Waals surface area contributed by atoms with Crippen LogP contribution < -0.4 is 20.1 Å². The largest absolute Gasteiger partial charge is 0.494 e. The van der Waals surface area contributed by atoms with Crippen molar-refractivity contribution in [2.75, 3.05) is 60.6 Å². The predicted molar refractivity (Wildman–Crippen MR) is 290 cm³/mol. The average Bonchev–Trinajstić information content (AvgIpc) is 4.24. The number of nitrogens with one attached hydrogen (secondary N) is 2. The molecule has 0 spiro atoms. The molecule has 418 valence electrons. The number of methoxy groups -OCH3 is 1. The topological polar surface area (TPSA) is 328 Å². The Labute approximate surface area is 455 Å². The molecule has 0 saturated carbocycles. The summed E-state index contributed by atoms with van der Waals surface area (Å²) in [6.45, 7) is 5.91. The Morgan fingerprint density at radius 2 is 1.25 bits per heavy atom. The minimum atomic E-state index is -4.10. The molecule has 0 aliphatic carbocycles. The SMILES string of the molecule is CN1CC(=O)N[C@@H](Cc2cn(S(=O)(=O)c3ccc(OCCCN=[N+]=[N-])cc3)c3ccccc23)C1=O.COC(=O)CN(C)C(=O)[C@H](Cc1cn(S(=O)(=O)c2ccc(OCCCN=[N+]=[N-])cc2)c2ccccc12)NC(=O)OC(C)(C)C. The fraction of sp³-hybridized carbons (Fsp3) is 0.365. The number of ether oxygens (including phenoxy) is 4. The molecule has 2 aromatic heterocycles. The number of esters is 1. The second-order valence-electron chi connectivity index (χ2n) is 18.9. The summed E-state index contributed by atoms with van der Waals surface area (Å²) in [6.07, 6.45) is 3.19. The summed E-state index contributed by atoms with van der Waals surface area (Å²) in [5.41, 5.74) is 17.7. The zero-order valence-corrected chi connectivity index (χ0v) is 45.8.